The first-order valence-electron chi connectivity index (χ1n) is 13.5. The zero-order valence-electron chi connectivity index (χ0n) is 22.9. The van der Waals surface area contributed by atoms with E-state index >= 15 is 0 Å². The molecule has 0 spiro atoms. The molecule has 240 valence electrons. The molecule has 0 radical (unpaired) electrons. The number of thioether (sulfide) groups is 1. The molecule has 16 nitrogen and oxygen atoms in total. The van der Waals surface area contributed by atoms with Crippen molar-refractivity contribution in [3.8, 4) is 0 Å². The molecule has 2 saturated heterocycles. The van der Waals surface area contributed by atoms with Crippen LogP contribution in [0.25, 0.3) is 0 Å². The van der Waals surface area contributed by atoms with E-state index < -0.39 is 28.8 Å². The predicted octanol–water partition coefficient (Wildman–Crippen LogP) is 0.161. The minimum atomic E-state index is -4.73. The van der Waals surface area contributed by atoms with Gasteiger partial charge in [0.2, 0.25) is 5.91 Å². The van der Waals surface area contributed by atoms with Crippen LogP contribution in [0.15, 0.2) is 0 Å². The number of amides is 3. The topological polar surface area (TPSA) is 220 Å². The van der Waals surface area contributed by atoms with Gasteiger partial charge in [-0.25, -0.2) is 9.36 Å². The molecule has 5 unspecified atom stereocenters. The number of carbonyl (C=O) groups excluding carboxylic acids is 2. The van der Waals surface area contributed by atoms with Gasteiger partial charge in [0.25, 0.3) is 0 Å². The molecule has 2 rings (SSSR count). The van der Waals surface area contributed by atoms with Crippen LogP contribution in [0.2, 0.25) is 0 Å². The monoisotopic (exact) mass is 651 g/mol. The zero-order chi connectivity index (χ0) is 29.9. The van der Waals surface area contributed by atoms with Gasteiger partial charge < -0.3 is 54.1 Å². The molecule has 0 aromatic rings. The van der Waals surface area contributed by atoms with Crippen molar-refractivity contribution in [2.45, 2.75) is 55.5 Å². The van der Waals surface area contributed by atoms with Gasteiger partial charge in [-0.2, -0.15) is 11.8 Å². The molecule has 0 aromatic carbocycles. The molecule has 0 bridgehead atoms. The van der Waals surface area contributed by atoms with Crippen molar-refractivity contribution in [3.05, 3.63) is 0 Å². The number of fused-ring (bicyclic) bond motifs is 1. The SMILES string of the molecule is O=C(CCCCC1SCC2NC(=O)NC21)NCCCOCCOCCOCCOCC(COP(=O)(O)O)O[PH](=O)O. The van der Waals surface area contributed by atoms with Crippen LogP contribution in [0.5, 0.6) is 0 Å². The molecule has 2 heterocycles. The number of phosphoric ester groups is 1. The quantitative estimate of drug-likeness (QED) is 0.0440. The van der Waals surface area contributed by atoms with Crippen LogP contribution in [0.4, 0.5) is 4.79 Å². The highest BCUT2D eigenvalue weighted by molar-refractivity contribution is 8.00. The Kier molecular flexibility index (Phi) is 18.6. The van der Waals surface area contributed by atoms with E-state index in [2.05, 4.69) is 25.0 Å². The van der Waals surface area contributed by atoms with Gasteiger partial charge in [-0.15, -0.1) is 0 Å². The van der Waals surface area contributed by atoms with Crippen molar-refractivity contribution in [2.24, 2.45) is 0 Å². The molecule has 19 heteroatoms. The Labute approximate surface area is 244 Å². The Bertz CT molecular complexity index is 841. The van der Waals surface area contributed by atoms with Crippen molar-refractivity contribution in [3.63, 3.8) is 0 Å². The van der Waals surface area contributed by atoms with Gasteiger partial charge in [0.1, 0.15) is 6.10 Å². The van der Waals surface area contributed by atoms with E-state index in [-0.39, 0.29) is 43.8 Å². The Balaban J connectivity index is 1.30. The fourth-order valence-electron chi connectivity index (χ4n) is 4.08. The molecule has 5 atom stereocenters. The number of unbranched alkanes of at least 4 members (excludes halogenated alkanes) is 1. The Morgan fingerprint density at radius 3 is 2.32 bits per heavy atom. The van der Waals surface area contributed by atoms with E-state index in [9.17, 15) is 18.7 Å². The minimum Gasteiger partial charge on any atom is -0.379 e. The molecule has 2 fully saturated rings. The van der Waals surface area contributed by atoms with Crippen LogP contribution in [0.1, 0.15) is 32.1 Å². The molecule has 0 saturated carbocycles. The van der Waals surface area contributed by atoms with E-state index in [0.717, 1.165) is 25.0 Å². The molecule has 0 aromatic heterocycles. The predicted molar refractivity (Wildman–Crippen MR) is 149 cm³/mol. The Hall–Kier alpha value is -0.810. The second kappa shape index (κ2) is 21.0. The molecular weight excluding hydrogens is 608 g/mol. The van der Waals surface area contributed by atoms with Crippen LogP contribution < -0.4 is 16.0 Å². The fraction of sp³-hybridized carbons (Fsp3) is 0.909. The molecular formula is C22H43N3O13P2S. The van der Waals surface area contributed by atoms with Gasteiger partial charge in [-0.3, -0.25) is 13.9 Å². The third-order valence-corrected chi connectivity index (χ3v) is 8.51. The number of nitrogens with one attached hydrogen (secondary N) is 3. The van der Waals surface area contributed by atoms with Crippen LogP contribution in [0, 0.1) is 0 Å². The standard InChI is InChI=1S/C22H43N3O13P2S/c26-20(5-2-1-4-19-21-18(16-41-19)24-22(27)25-21)23-6-3-7-33-8-9-34-10-11-35-12-13-36-14-17(38-39(28)29)15-37-40(30,31)32/h17-19,21,39H,1-16H2,(H,23,26)(H,28,29)(H2,24,25,27)(H2,30,31,32). The summed E-state index contributed by atoms with van der Waals surface area (Å²) in [7, 11) is -8.06. The smallest absolute Gasteiger partial charge is 0.379 e. The first-order chi connectivity index (χ1) is 19.6. The molecule has 2 aliphatic rings. The van der Waals surface area contributed by atoms with Gasteiger partial charge in [-0.1, -0.05) is 6.42 Å². The third kappa shape index (κ3) is 17.8. The maximum Gasteiger partial charge on any atom is 0.469 e. The maximum atomic E-state index is 12.0. The molecule has 6 N–H and O–H groups in total. The highest BCUT2D eigenvalue weighted by Crippen LogP contribution is 2.36. The number of urea groups is 1. The highest BCUT2D eigenvalue weighted by atomic mass is 32.2. The Morgan fingerprint density at radius 2 is 1.66 bits per heavy atom. The van der Waals surface area contributed by atoms with Gasteiger partial charge in [0.05, 0.1) is 64.9 Å². The first kappa shape index (κ1) is 36.4. The van der Waals surface area contributed by atoms with Crippen LogP contribution in [-0.2, 0) is 41.9 Å². The van der Waals surface area contributed by atoms with E-state index in [1.54, 1.807) is 0 Å². The lowest BCUT2D eigenvalue weighted by Crippen LogP contribution is -2.36. The van der Waals surface area contributed by atoms with Gasteiger partial charge in [0.15, 0.2) is 0 Å². The summed E-state index contributed by atoms with van der Waals surface area (Å²) >= 11 is 1.88. The largest absolute Gasteiger partial charge is 0.469 e. The highest BCUT2D eigenvalue weighted by Gasteiger charge is 2.42. The molecule has 2 aliphatic heterocycles. The number of hydrogen-bond acceptors (Lipinski definition) is 11. The fourth-order valence-corrected chi connectivity index (χ4v) is 6.40. The lowest BCUT2D eigenvalue weighted by molar-refractivity contribution is -0.121. The first-order valence-corrected chi connectivity index (χ1v) is 17.3. The summed E-state index contributed by atoms with van der Waals surface area (Å²) in [5, 5.41) is 9.24. The van der Waals surface area contributed by atoms with E-state index in [0.29, 0.717) is 57.7 Å². The normalized spacial score (nSPS) is 21.7. The lowest BCUT2D eigenvalue weighted by Gasteiger charge is -2.16. The molecule has 3 amide bonds. The van der Waals surface area contributed by atoms with Crippen LogP contribution in [0.3, 0.4) is 0 Å². The summed E-state index contributed by atoms with van der Waals surface area (Å²) in [6, 6.07) is 0.358. The van der Waals surface area contributed by atoms with Gasteiger partial charge in [-0.05, 0) is 19.3 Å². The molecule has 41 heavy (non-hydrogen) atoms. The van der Waals surface area contributed by atoms with Crippen molar-refractivity contribution >= 4 is 39.8 Å². The van der Waals surface area contributed by atoms with E-state index in [1.807, 2.05) is 11.8 Å². The summed E-state index contributed by atoms with van der Waals surface area (Å²) in [5.74, 6) is 0.981. The van der Waals surface area contributed by atoms with Crippen molar-refractivity contribution in [2.75, 3.05) is 71.8 Å². The number of ether oxygens (including phenoxy) is 4. The van der Waals surface area contributed by atoms with Crippen molar-refractivity contribution in [1.29, 1.82) is 0 Å². The second-order valence-corrected chi connectivity index (χ2v) is 12.6. The number of rotatable bonds is 25. The second-order valence-electron chi connectivity index (χ2n) is 9.28. The lowest BCUT2D eigenvalue weighted by atomic mass is 10.0. The number of hydrogen-bond donors (Lipinski definition) is 6. The number of phosphoric acid groups is 1. The summed E-state index contributed by atoms with van der Waals surface area (Å²) < 4.78 is 51.8. The summed E-state index contributed by atoms with van der Waals surface area (Å²) in [5.41, 5.74) is 0. The van der Waals surface area contributed by atoms with Gasteiger partial charge >= 0.3 is 22.1 Å². The maximum absolute atomic E-state index is 12.0. The van der Waals surface area contributed by atoms with E-state index in [1.165, 1.54) is 0 Å². The van der Waals surface area contributed by atoms with Crippen LogP contribution >= 0.6 is 27.8 Å². The van der Waals surface area contributed by atoms with Crippen LogP contribution in [-0.4, -0.2) is 122 Å². The van der Waals surface area contributed by atoms with Crippen molar-refractivity contribution in [1.82, 2.24) is 16.0 Å². The van der Waals surface area contributed by atoms with Crippen molar-refractivity contribution < 1.29 is 61.4 Å². The van der Waals surface area contributed by atoms with Gasteiger partial charge in [0, 0.05) is 30.6 Å². The summed E-state index contributed by atoms with van der Waals surface area (Å²) in [4.78, 5) is 49.6. The number of carbonyl (C=O) groups is 2. The minimum absolute atomic E-state index is 0.0380. The average Bonchev–Trinajstić information content (AvgIpc) is 3.45. The molecule has 0 aliphatic carbocycles. The van der Waals surface area contributed by atoms with E-state index in [4.69, 9.17) is 33.6 Å². The Morgan fingerprint density at radius 1 is 1.00 bits per heavy atom. The summed E-state index contributed by atoms with van der Waals surface area (Å²) in [6.07, 6.45) is 2.87. The zero-order valence-corrected chi connectivity index (χ0v) is 25.6. The third-order valence-electron chi connectivity index (χ3n) is 5.98. The summed E-state index contributed by atoms with van der Waals surface area (Å²) in [6.45, 7) is 2.06. The average molecular weight is 652 g/mol.